The lowest BCUT2D eigenvalue weighted by Crippen LogP contribution is -2.60. The van der Waals surface area contributed by atoms with Crippen LogP contribution in [0.15, 0.2) is 170 Å². The number of hydrogen-bond donors (Lipinski definition) is 0. The topological polar surface area (TPSA) is 16.3 Å². The monoisotopic (exact) mass is 658 g/mol. The molecule has 0 atom stereocenters. The Bertz CT molecular complexity index is 2790. The molecule has 238 valence electrons. The van der Waals surface area contributed by atoms with Crippen molar-refractivity contribution in [2.45, 2.75) is 0 Å². The molecule has 6 heteroatoms. The summed E-state index contributed by atoms with van der Waals surface area (Å²) in [5.41, 5.74) is 20.5. The van der Waals surface area contributed by atoms with Crippen LogP contribution in [0.1, 0.15) is 0 Å². The summed E-state index contributed by atoms with van der Waals surface area (Å²) in [5.74, 6) is 0. The molecule has 52 heavy (non-hydrogen) atoms. The maximum atomic E-state index is 2.54. The second-order valence-electron chi connectivity index (χ2n) is 14.5. The van der Waals surface area contributed by atoms with Gasteiger partial charge in [-0.1, -0.05) is 97.1 Å². The van der Waals surface area contributed by atoms with E-state index in [9.17, 15) is 0 Å². The second-order valence-corrected chi connectivity index (χ2v) is 14.5. The Morgan fingerprint density at radius 2 is 0.769 bits per heavy atom. The van der Waals surface area contributed by atoms with E-state index >= 15 is 0 Å². The van der Waals surface area contributed by atoms with Crippen LogP contribution < -0.4 is 31.7 Å². The molecule has 0 bridgehead atoms. The molecule has 0 N–H and O–H groups in total. The zero-order valence-electron chi connectivity index (χ0n) is 28.1. The highest BCUT2D eigenvalue weighted by Crippen LogP contribution is 2.46. The van der Waals surface area contributed by atoms with E-state index in [-0.39, 0.29) is 13.7 Å². The molecule has 2 aromatic heterocycles. The molecule has 4 aliphatic heterocycles. The third-order valence-electron chi connectivity index (χ3n) is 12.1. The van der Waals surface area contributed by atoms with Crippen LogP contribution in [-0.4, -0.2) is 22.7 Å². The van der Waals surface area contributed by atoms with E-state index in [1.807, 2.05) is 0 Å². The van der Waals surface area contributed by atoms with Crippen molar-refractivity contribution >= 4 is 91.5 Å². The van der Waals surface area contributed by atoms with Gasteiger partial charge in [-0.3, -0.25) is 0 Å². The summed E-state index contributed by atoms with van der Waals surface area (Å²) in [6, 6.07) is 58.8. The summed E-state index contributed by atoms with van der Waals surface area (Å²) in [6.07, 6.45) is 4.62. The molecule has 0 saturated heterocycles. The number of benzene rings is 7. The molecular formula is C46H28B2N4. The Hall–Kier alpha value is -6.65. The van der Waals surface area contributed by atoms with Crippen molar-refractivity contribution in [3.63, 3.8) is 0 Å². The molecule has 4 nitrogen and oxygen atoms in total. The van der Waals surface area contributed by atoms with Gasteiger partial charge in [0.15, 0.2) is 0 Å². The van der Waals surface area contributed by atoms with Crippen LogP contribution in [0.2, 0.25) is 0 Å². The van der Waals surface area contributed by atoms with Crippen molar-refractivity contribution in [2.24, 2.45) is 0 Å². The number of nitrogens with zero attached hydrogens (tertiary/aromatic N) is 4. The van der Waals surface area contributed by atoms with Crippen molar-refractivity contribution in [3.8, 4) is 22.3 Å². The lowest BCUT2D eigenvalue weighted by Gasteiger charge is -2.44. The minimum absolute atomic E-state index is 0.0228. The fourth-order valence-electron chi connectivity index (χ4n) is 10.1. The molecule has 7 aromatic carbocycles. The standard InChI is InChI=1S/C46H28B2N4/c1-3-13-31(14-4-1)51-39-21-9-17-33-35-19-7-11-29-23-25-49(45(29)35)47(43(33)39)37-28-42-38(27-41(37)51)48-44-34(36-20-8-12-30-24-26-50(48)46(30)36)18-10-22-40(44)52(42)32-15-5-2-6-16-32/h1-28H. The first kappa shape index (κ1) is 27.1. The largest absolute Gasteiger partial charge is 0.382 e. The fraction of sp³-hybridized carbons (Fsp3) is 0. The normalized spacial score (nSPS) is 14.0. The van der Waals surface area contributed by atoms with Crippen molar-refractivity contribution in [1.82, 2.24) is 8.96 Å². The van der Waals surface area contributed by atoms with Gasteiger partial charge in [-0.15, -0.1) is 0 Å². The highest BCUT2D eigenvalue weighted by atomic mass is 15.2. The Morgan fingerprint density at radius 3 is 1.23 bits per heavy atom. The van der Waals surface area contributed by atoms with Gasteiger partial charge < -0.3 is 18.8 Å². The Kier molecular flexibility index (Phi) is 4.99. The third-order valence-corrected chi connectivity index (χ3v) is 12.1. The minimum atomic E-state index is 0.0228. The van der Waals surface area contributed by atoms with Crippen molar-refractivity contribution in [3.05, 3.63) is 170 Å². The van der Waals surface area contributed by atoms with Crippen LogP contribution in [0.3, 0.4) is 0 Å². The molecule has 0 saturated carbocycles. The van der Waals surface area contributed by atoms with E-state index in [0.29, 0.717) is 0 Å². The maximum absolute atomic E-state index is 2.54. The van der Waals surface area contributed by atoms with E-state index in [1.54, 1.807) is 0 Å². The SMILES string of the molecule is c1ccc(N2c3cc4c(cc3B3c5c(cccc52)-c2cccc5ccn3c25)N(c2ccccc2)c2cccc3c2B4n2ccc4cccc-3c42)cc1. The first-order chi connectivity index (χ1) is 25.8. The Labute approximate surface area is 301 Å². The van der Waals surface area contributed by atoms with Crippen LogP contribution in [0.5, 0.6) is 0 Å². The lowest BCUT2D eigenvalue weighted by molar-refractivity contribution is 1.21. The van der Waals surface area contributed by atoms with Crippen molar-refractivity contribution in [1.29, 1.82) is 0 Å². The average Bonchev–Trinajstić information content (AvgIpc) is 3.84. The van der Waals surface area contributed by atoms with Crippen LogP contribution >= 0.6 is 0 Å². The first-order valence-electron chi connectivity index (χ1n) is 18.2. The quantitative estimate of drug-likeness (QED) is 0.174. The van der Waals surface area contributed by atoms with Gasteiger partial charge in [0.25, 0.3) is 0 Å². The number of rotatable bonds is 2. The van der Waals surface area contributed by atoms with Crippen LogP contribution in [0.4, 0.5) is 34.1 Å². The number of fused-ring (bicyclic) bond motifs is 8. The van der Waals surface area contributed by atoms with Gasteiger partial charge in [0.05, 0.1) is 0 Å². The van der Waals surface area contributed by atoms with Gasteiger partial charge in [-0.2, -0.15) is 0 Å². The van der Waals surface area contributed by atoms with E-state index in [0.717, 1.165) is 0 Å². The first-order valence-corrected chi connectivity index (χ1v) is 18.2. The van der Waals surface area contributed by atoms with E-state index in [4.69, 9.17) is 0 Å². The van der Waals surface area contributed by atoms with Gasteiger partial charge in [0, 0.05) is 56.3 Å². The highest BCUT2D eigenvalue weighted by Gasteiger charge is 2.46. The summed E-state index contributed by atoms with van der Waals surface area (Å²) >= 11 is 0. The fourth-order valence-corrected chi connectivity index (χ4v) is 10.1. The van der Waals surface area contributed by atoms with Crippen LogP contribution in [0.25, 0.3) is 44.1 Å². The number of anilines is 6. The van der Waals surface area contributed by atoms with Gasteiger partial charge in [-0.25, -0.2) is 0 Å². The second kappa shape index (κ2) is 9.56. The molecule has 13 rings (SSSR count). The summed E-state index contributed by atoms with van der Waals surface area (Å²) in [7, 11) is 0. The summed E-state index contributed by atoms with van der Waals surface area (Å²) in [4.78, 5) is 5.05. The third kappa shape index (κ3) is 3.22. The molecule has 0 amide bonds. The molecule has 4 aliphatic rings. The van der Waals surface area contributed by atoms with Gasteiger partial charge >= 0.3 is 13.7 Å². The molecule has 0 aliphatic carbocycles. The smallest absolute Gasteiger partial charge is 0.332 e. The number of aromatic nitrogens is 2. The van der Waals surface area contributed by atoms with E-state index in [2.05, 4.69) is 189 Å². The maximum Gasteiger partial charge on any atom is 0.332 e. The molecule has 0 unspecified atom stereocenters. The van der Waals surface area contributed by atoms with E-state index in [1.165, 1.54) is 100 Å². The Morgan fingerprint density at radius 1 is 0.346 bits per heavy atom. The molecule has 6 heterocycles. The zero-order chi connectivity index (χ0) is 33.7. The predicted molar refractivity (Wildman–Crippen MR) is 219 cm³/mol. The van der Waals surface area contributed by atoms with Gasteiger partial charge in [0.1, 0.15) is 0 Å². The van der Waals surface area contributed by atoms with Crippen LogP contribution in [-0.2, 0) is 0 Å². The van der Waals surface area contributed by atoms with Crippen molar-refractivity contribution < 1.29 is 0 Å². The molecule has 9 aromatic rings. The summed E-state index contributed by atoms with van der Waals surface area (Å²) in [5, 5.41) is 2.56. The average molecular weight is 658 g/mol. The van der Waals surface area contributed by atoms with Gasteiger partial charge in [-0.05, 0) is 117 Å². The number of para-hydroxylation sites is 4. The minimum Gasteiger partial charge on any atom is -0.382 e. The Balaban J connectivity index is 1.19. The molecule has 0 radical (unpaired) electrons. The number of hydrogen-bond acceptors (Lipinski definition) is 2. The molecule has 0 spiro atoms. The van der Waals surface area contributed by atoms with Gasteiger partial charge in [0.2, 0.25) is 0 Å². The molecule has 0 fully saturated rings. The summed E-state index contributed by atoms with van der Waals surface area (Å²) < 4.78 is 5.08. The lowest BCUT2D eigenvalue weighted by atomic mass is 9.42. The summed E-state index contributed by atoms with van der Waals surface area (Å²) in [6.45, 7) is 0.0455. The predicted octanol–water partition coefficient (Wildman–Crippen LogP) is 8.43. The van der Waals surface area contributed by atoms with Crippen LogP contribution in [0, 0.1) is 0 Å². The van der Waals surface area contributed by atoms with E-state index < -0.39 is 0 Å². The molecular weight excluding hydrogens is 630 g/mol. The zero-order valence-corrected chi connectivity index (χ0v) is 28.1. The van der Waals surface area contributed by atoms with Crippen molar-refractivity contribution in [2.75, 3.05) is 9.80 Å². The highest BCUT2D eigenvalue weighted by molar-refractivity contribution is 6.91.